The number of piperidine rings is 1. The average Bonchev–Trinajstić information content (AvgIpc) is 3.46. The molecule has 2 heterocycles. The lowest BCUT2D eigenvalue weighted by Gasteiger charge is -2.48. The lowest BCUT2D eigenvalue weighted by molar-refractivity contribution is 0.288. The summed E-state index contributed by atoms with van der Waals surface area (Å²) in [6.07, 6.45) is 5.69. The summed E-state index contributed by atoms with van der Waals surface area (Å²) < 4.78 is 0. The van der Waals surface area contributed by atoms with Crippen molar-refractivity contribution in [3.8, 4) is 0 Å². The van der Waals surface area contributed by atoms with Crippen LogP contribution < -0.4 is 5.32 Å². The van der Waals surface area contributed by atoms with Crippen molar-refractivity contribution in [3.63, 3.8) is 0 Å². The second-order valence-electron chi connectivity index (χ2n) is 7.99. The number of benzene rings is 2. The molecule has 2 fully saturated rings. The van der Waals surface area contributed by atoms with Crippen LogP contribution in [-0.4, -0.2) is 18.8 Å². The van der Waals surface area contributed by atoms with Crippen molar-refractivity contribution in [1.29, 1.82) is 0 Å². The van der Waals surface area contributed by atoms with Gasteiger partial charge in [-0.05, 0) is 67.1 Å². The second-order valence-corrected chi connectivity index (χ2v) is 8.86. The van der Waals surface area contributed by atoms with E-state index in [1.54, 1.807) is 0 Å². The molecule has 2 nitrogen and oxygen atoms in total. The zero-order valence-corrected chi connectivity index (χ0v) is 16.6. The van der Waals surface area contributed by atoms with E-state index < -0.39 is 0 Å². The summed E-state index contributed by atoms with van der Waals surface area (Å²) in [7, 11) is 0. The van der Waals surface area contributed by atoms with E-state index in [-0.39, 0.29) is 11.5 Å². The molecule has 1 N–H and O–H groups in total. The van der Waals surface area contributed by atoms with Crippen LogP contribution in [0.4, 0.5) is 5.69 Å². The summed E-state index contributed by atoms with van der Waals surface area (Å²) in [6.45, 7) is 5.48. The lowest BCUT2D eigenvalue weighted by atomic mass is 9.59. The van der Waals surface area contributed by atoms with E-state index in [1.165, 1.54) is 29.5 Å². The third-order valence-electron chi connectivity index (χ3n) is 6.40. The summed E-state index contributed by atoms with van der Waals surface area (Å²) in [5.41, 5.74) is 4.56. The molecule has 0 radical (unpaired) electrons. The summed E-state index contributed by atoms with van der Waals surface area (Å²) in [5.74, 6) is 0.923. The number of fused-ring (bicyclic) bond motifs is 2. The molecular weight excluding hydrogens is 375 g/mol. The number of rotatable bonds is 3. The molecular formula is C23H22Cl2N2. The number of nitrogens with zero attached hydrogens (tertiary/aromatic N) is 1. The Morgan fingerprint density at radius 1 is 1.07 bits per heavy atom. The average molecular weight is 397 g/mol. The van der Waals surface area contributed by atoms with Crippen molar-refractivity contribution >= 4 is 35.1 Å². The van der Waals surface area contributed by atoms with Crippen LogP contribution in [0.1, 0.15) is 36.3 Å². The Kier molecular flexibility index (Phi) is 4.19. The summed E-state index contributed by atoms with van der Waals surface area (Å²) in [5, 5.41) is 5.29. The fraction of sp³-hybridized carbons (Fsp3) is 0.348. The zero-order chi connectivity index (χ0) is 18.6. The molecule has 4 heteroatoms. The van der Waals surface area contributed by atoms with Crippen LogP contribution in [0.25, 0.3) is 0 Å². The van der Waals surface area contributed by atoms with Gasteiger partial charge in [0.25, 0.3) is 0 Å². The van der Waals surface area contributed by atoms with Gasteiger partial charge in [0.2, 0.25) is 0 Å². The molecule has 0 unspecified atom stereocenters. The van der Waals surface area contributed by atoms with E-state index in [0.717, 1.165) is 28.7 Å². The molecule has 1 saturated heterocycles. The number of halogens is 2. The van der Waals surface area contributed by atoms with Crippen LogP contribution in [0.5, 0.6) is 0 Å². The van der Waals surface area contributed by atoms with Gasteiger partial charge >= 0.3 is 0 Å². The zero-order valence-electron chi connectivity index (χ0n) is 15.1. The molecule has 0 amide bonds. The molecule has 2 aliphatic heterocycles. The van der Waals surface area contributed by atoms with Crippen LogP contribution in [0, 0.1) is 5.92 Å². The first-order valence-electron chi connectivity index (χ1n) is 9.62. The van der Waals surface area contributed by atoms with Crippen molar-refractivity contribution in [3.05, 3.63) is 75.8 Å². The number of nitrogens with one attached hydrogen (secondary N) is 1. The molecule has 1 spiro atoms. The molecule has 2 aromatic rings. The predicted molar refractivity (Wildman–Crippen MR) is 114 cm³/mol. The maximum atomic E-state index is 6.36. The highest BCUT2D eigenvalue weighted by Crippen LogP contribution is 2.55. The highest BCUT2D eigenvalue weighted by molar-refractivity contribution is 6.31. The standard InChI is InChI=1S/C23H22Cl2N2/c1-14(15-5-6-15)22-23(13-27-21-12-18(25)7-8-20(21)23)19(9-10-26-22)16-3-2-4-17(24)11-16/h2-4,7-8,11-13,15,19,22,26H,1,5-6,9-10H2/t19-,22+,23-/m0/s1. The van der Waals surface area contributed by atoms with Gasteiger partial charge in [-0.25, -0.2) is 0 Å². The minimum atomic E-state index is -0.247. The van der Waals surface area contributed by atoms with Gasteiger partial charge in [0.05, 0.1) is 11.1 Å². The molecule has 5 rings (SSSR count). The number of hydrogen-bond acceptors (Lipinski definition) is 2. The smallest absolute Gasteiger partial charge is 0.0683 e. The number of aliphatic imine (C=N–C) groups is 1. The third kappa shape index (κ3) is 2.77. The Labute approximate surface area is 170 Å². The molecule has 27 heavy (non-hydrogen) atoms. The maximum absolute atomic E-state index is 6.36. The van der Waals surface area contributed by atoms with Gasteiger partial charge in [0.15, 0.2) is 0 Å². The van der Waals surface area contributed by atoms with Crippen molar-refractivity contribution in [1.82, 2.24) is 5.32 Å². The van der Waals surface area contributed by atoms with Crippen LogP contribution in [-0.2, 0) is 5.41 Å². The Morgan fingerprint density at radius 3 is 2.67 bits per heavy atom. The van der Waals surface area contributed by atoms with Gasteiger partial charge in [0.1, 0.15) is 0 Å². The van der Waals surface area contributed by atoms with Gasteiger partial charge in [-0.1, -0.05) is 53.6 Å². The fourth-order valence-electron chi connectivity index (χ4n) is 5.01. The summed E-state index contributed by atoms with van der Waals surface area (Å²) in [4.78, 5) is 4.82. The topological polar surface area (TPSA) is 24.4 Å². The predicted octanol–water partition coefficient (Wildman–Crippen LogP) is 6.06. The van der Waals surface area contributed by atoms with Crippen LogP contribution in [0.2, 0.25) is 10.0 Å². The normalized spacial score (nSPS) is 29.1. The lowest BCUT2D eigenvalue weighted by Crippen LogP contribution is -2.57. The van der Waals surface area contributed by atoms with Crippen LogP contribution in [0.3, 0.4) is 0 Å². The van der Waals surface area contributed by atoms with Gasteiger partial charge in [-0.2, -0.15) is 0 Å². The molecule has 3 atom stereocenters. The van der Waals surface area contributed by atoms with Crippen molar-refractivity contribution < 1.29 is 0 Å². The number of hydrogen-bond donors (Lipinski definition) is 1. The fourth-order valence-corrected chi connectivity index (χ4v) is 5.37. The Morgan fingerprint density at radius 2 is 1.89 bits per heavy atom. The molecule has 3 aliphatic rings. The van der Waals surface area contributed by atoms with E-state index in [9.17, 15) is 0 Å². The second kappa shape index (κ2) is 6.48. The van der Waals surface area contributed by atoms with Crippen LogP contribution >= 0.6 is 23.2 Å². The van der Waals surface area contributed by atoms with E-state index in [2.05, 4.69) is 36.3 Å². The minimum absolute atomic E-state index is 0.175. The largest absolute Gasteiger partial charge is 0.309 e. The first kappa shape index (κ1) is 17.5. The maximum Gasteiger partial charge on any atom is 0.0683 e. The van der Waals surface area contributed by atoms with Gasteiger partial charge < -0.3 is 5.32 Å². The molecule has 138 valence electrons. The minimum Gasteiger partial charge on any atom is -0.309 e. The molecule has 1 aliphatic carbocycles. The Hall–Kier alpha value is -1.61. The molecule has 0 bridgehead atoms. The molecule has 1 saturated carbocycles. The van der Waals surface area contributed by atoms with Crippen molar-refractivity contribution in [2.45, 2.75) is 36.6 Å². The summed E-state index contributed by atoms with van der Waals surface area (Å²) in [6, 6.07) is 14.6. The quantitative estimate of drug-likeness (QED) is 0.626. The van der Waals surface area contributed by atoms with E-state index in [1.807, 2.05) is 24.3 Å². The third-order valence-corrected chi connectivity index (χ3v) is 6.87. The highest BCUT2D eigenvalue weighted by atomic mass is 35.5. The van der Waals surface area contributed by atoms with Crippen molar-refractivity contribution in [2.24, 2.45) is 10.9 Å². The SMILES string of the molecule is C=C(C1CC1)[C@H]1NCC[C@@H](c2cccc(Cl)c2)[C@]12C=Nc1cc(Cl)ccc12. The van der Waals surface area contributed by atoms with Crippen LogP contribution in [0.15, 0.2) is 59.6 Å². The van der Waals surface area contributed by atoms with E-state index in [4.69, 9.17) is 28.2 Å². The van der Waals surface area contributed by atoms with E-state index in [0.29, 0.717) is 11.8 Å². The van der Waals surface area contributed by atoms with Gasteiger partial charge in [-0.3, -0.25) is 4.99 Å². The van der Waals surface area contributed by atoms with E-state index >= 15 is 0 Å². The highest BCUT2D eigenvalue weighted by Gasteiger charge is 2.54. The first-order valence-corrected chi connectivity index (χ1v) is 10.4. The van der Waals surface area contributed by atoms with Gasteiger partial charge in [0, 0.05) is 28.2 Å². The molecule has 2 aromatic carbocycles. The van der Waals surface area contributed by atoms with Gasteiger partial charge in [-0.15, -0.1) is 0 Å². The summed E-state index contributed by atoms with van der Waals surface area (Å²) >= 11 is 12.6. The van der Waals surface area contributed by atoms with Crippen molar-refractivity contribution in [2.75, 3.05) is 6.54 Å². The monoisotopic (exact) mass is 396 g/mol. The first-order chi connectivity index (χ1) is 13.1. The Bertz CT molecular complexity index is 947. The Balaban J connectivity index is 1.70. The molecule has 0 aromatic heterocycles.